The summed E-state index contributed by atoms with van der Waals surface area (Å²) >= 11 is 0. The quantitative estimate of drug-likeness (QED) is 0.916. The summed E-state index contributed by atoms with van der Waals surface area (Å²) in [5.74, 6) is -0.0201. The molecule has 0 spiro atoms. The SMILES string of the molecule is O=C(CC[C@H]1CCCO1)N1CC=C(c2c[nH]c3cc(F)ccc23)CC1. The highest BCUT2D eigenvalue weighted by atomic mass is 19.1. The second-order valence-electron chi connectivity index (χ2n) is 6.89. The smallest absolute Gasteiger partial charge is 0.222 e. The molecule has 25 heavy (non-hydrogen) atoms. The summed E-state index contributed by atoms with van der Waals surface area (Å²) in [6.45, 7) is 2.22. The molecule has 0 aliphatic carbocycles. The first-order valence-corrected chi connectivity index (χ1v) is 9.06. The molecule has 1 aromatic carbocycles. The van der Waals surface area contributed by atoms with Gasteiger partial charge in [-0.05, 0) is 49.5 Å². The van der Waals surface area contributed by atoms with Gasteiger partial charge in [-0.3, -0.25) is 4.79 Å². The van der Waals surface area contributed by atoms with Crippen LogP contribution in [0.2, 0.25) is 0 Å². The molecule has 1 saturated heterocycles. The number of H-pyrrole nitrogens is 1. The Morgan fingerprint density at radius 1 is 1.40 bits per heavy atom. The second-order valence-corrected chi connectivity index (χ2v) is 6.89. The van der Waals surface area contributed by atoms with Gasteiger partial charge < -0.3 is 14.6 Å². The van der Waals surface area contributed by atoms with Gasteiger partial charge in [0.2, 0.25) is 5.91 Å². The largest absolute Gasteiger partial charge is 0.378 e. The number of aromatic amines is 1. The summed E-state index contributed by atoms with van der Waals surface area (Å²) < 4.78 is 18.9. The van der Waals surface area contributed by atoms with Crippen molar-refractivity contribution in [3.8, 4) is 0 Å². The van der Waals surface area contributed by atoms with E-state index in [9.17, 15) is 9.18 Å². The number of hydrogen-bond acceptors (Lipinski definition) is 2. The van der Waals surface area contributed by atoms with Gasteiger partial charge in [0, 0.05) is 48.8 Å². The molecule has 0 saturated carbocycles. The fourth-order valence-corrected chi connectivity index (χ4v) is 3.82. The number of aromatic nitrogens is 1. The van der Waals surface area contributed by atoms with Crippen LogP contribution in [0.4, 0.5) is 4.39 Å². The van der Waals surface area contributed by atoms with Crippen molar-refractivity contribution >= 4 is 22.4 Å². The highest BCUT2D eigenvalue weighted by Gasteiger charge is 2.22. The monoisotopic (exact) mass is 342 g/mol. The van der Waals surface area contributed by atoms with Crippen LogP contribution in [0.5, 0.6) is 0 Å². The van der Waals surface area contributed by atoms with Crippen LogP contribution in [-0.2, 0) is 9.53 Å². The summed E-state index contributed by atoms with van der Waals surface area (Å²) in [4.78, 5) is 17.5. The molecule has 1 fully saturated rings. The van der Waals surface area contributed by atoms with Crippen LogP contribution in [-0.4, -0.2) is 41.6 Å². The van der Waals surface area contributed by atoms with E-state index < -0.39 is 0 Å². The molecule has 2 aromatic rings. The van der Waals surface area contributed by atoms with Crippen molar-refractivity contribution in [1.82, 2.24) is 9.88 Å². The van der Waals surface area contributed by atoms with Crippen LogP contribution in [0.25, 0.3) is 16.5 Å². The number of carbonyl (C=O) groups is 1. The van der Waals surface area contributed by atoms with Gasteiger partial charge >= 0.3 is 0 Å². The van der Waals surface area contributed by atoms with Crippen LogP contribution in [0, 0.1) is 5.82 Å². The van der Waals surface area contributed by atoms with Gasteiger partial charge in [-0.2, -0.15) is 0 Å². The van der Waals surface area contributed by atoms with E-state index in [2.05, 4.69) is 11.1 Å². The number of halogens is 1. The lowest BCUT2D eigenvalue weighted by Crippen LogP contribution is -2.35. The molecule has 5 heteroatoms. The average Bonchev–Trinajstić information content (AvgIpc) is 3.29. The van der Waals surface area contributed by atoms with Gasteiger partial charge in [0.25, 0.3) is 0 Å². The number of rotatable bonds is 4. The van der Waals surface area contributed by atoms with E-state index in [-0.39, 0.29) is 17.8 Å². The van der Waals surface area contributed by atoms with Gasteiger partial charge in [-0.25, -0.2) is 4.39 Å². The minimum atomic E-state index is -0.235. The average molecular weight is 342 g/mol. The Hall–Kier alpha value is -2.14. The number of ether oxygens (including phenoxy) is 1. The van der Waals surface area contributed by atoms with Crippen molar-refractivity contribution in [2.24, 2.45) is 0 Å². The summed E-state index contributed by atoms with van der Waals surface area (Å²) in [7, 11) is 0. The summed E-state index contributed by atoms with van der Waals surface area (Å²) in [5.41, 5.74) is 3.15. The first-order chi connectivity index (χ1) is 12.2. The maximum Gasteiger partial charge on any atom is 0.222 e. The van der Waals surface area contributed by atoms with E-state index in [1.165, 1.54) is 17.7 Å². The first kappa shape index (κ1) is 16.3. The van der Waals surface area contributed by atoms with Crippen LogP contribution < -0.4 is 0 Å². The molecule has 0 bridgehead atoms. The fraction of sp³-hybridized carbons (Fsp3) is 0.450. The number of hydrogen-bond donors (Lipinski definition) is 1. The Balaban J connectivity index is 1.40. The Morgan fingerprint density at radius 2 is 2.32 bits per heavy atom. The Bertz CT molecular complexity index is 805. The number of carbonyl (C=O) groups excluding carboxylic acids is 1. The third-order valence-electron chi connectivity index (χ3n) is 5.26. The number of nitrogens with one attached hydrogen (secondary N) is 1. The van der Waals surface area contributed by atoms with Crippen molar-refractivity contribution in [1.29, 1.82) is 0 Å². The highest BCUT2D eigenvalue weighted by molar-refractivity contribution is 5.93. The standard InChI is InChI=1S/C20H23FN2O2/c21-15-3-5-17-18(13-22-19(17)12-15)14-7-9-23(10-8-14)20(24)6-4-16-2-1-11-25-16/h3,5,7,12-13,16,22H,1-2,4,6,8-11H2/t16-/m1/s1. The van der Waals surface area contributed by atoms with E-state index in [0.717, 1.165) is 55.3 Å². The van der Waals surface area contributed by atoms with E-state index in [0.29, 0.717) is 13.0 Å². The maximum atomic E-state index is 13.3. The van der Waals surface area contributed by atoms with E-state index in [4.69, 9.17) is 4.74 Å². The lowest BCUT2D eigenvalue weighted by atomic mass is 9.98. The third-order valence-corrected chi connectivity index (χ3v) is 5.26. The van der Waals surface area contributed by atoms with Crippen LogP contribution in [0.3, 0.4) is 0 Å². The third kappa shape index (κ3) is 3.47. The number of nitrogens with zero attached hydrogens (tertiary/aromatic N) is 1. The van der Waals surface area contributed by atoms with Gasteiger partial charge in [0.05, 0.1) is 6.10 Å². The van der Waals surface area contributed by atoms with Gasteiger partial charge in [0.15, 0.2) is 0 Å². The molecule has 1 amide bonds. The zero-order valence-corrected chi connectivity index (χ0v) is 14.3. The molecule has 2 aliphatic rings. The molecule has 0 unspecified atom stereocenters. The molecule has 0 radical (unpaired) electrons. The molecule has 132 valence electrons. The zero-order chi connectivity index (χ0) is 17.2. The molecule has 2 aliphatic heterocycles. The van der Waals surface area contributed by atoms with Crippen molar-refractivity contribution in [3.63, 3.8) is 0 Å². The van der Waals surface area contributed by atoms with Crippen LogP contribution in [0.1, 0.15) is 37.7 Å². The summed E-state index contributed by atoms with van der Waals surface area (Å²) in [6, 6.07) is 4.82. The molecule has 3 heterocycles. The van der Waals surface area contributed by atoms with Crippen molar-refractivity contribution in [3.05, 3.63) is 41.9 Å². The second kappa shape index (κ2) is 7.00. The minimum Gasteiger partial charge on any atom is -0.378 e. The van der Waals surface area contributed by atoms with Crippen LogP contribution >= 0.6 is 0 Å². The van der Waals surface area contributed by atoms with Crippen LogP contribution in [0.15, 0.2) is 30.5 Å². The fourth-order valence-electron chi connectivity index (χ4n) is 3.82. The molecule has 4 rings (SSSR count). The highest BCUT2D eigenvalue weighted by Crippen LogP contribution is 2.30. The molecule has 1 aromatic heterocycles. The van der Waals surface area contributed by atoms with Gasteiger partial charge in [0.1, 0.15) is 5.82 Å². The van der Waals surface area contributed by atoms with Crippen molar-refractivity contribution in [2.75, 3.05) is 19.7 Å². The Morgan fingerprint density at radius 3 is 3.08 bits per heavy atom. The summed E-state index contributed by atoms with van der Waals surface area (Å²) in [5, 5.41) is 1.03. The van der Waals surface area contributed by atoms with E-state index >= 15 is 0 Å². The number of amides is 1. The van der Waals surface area contributed by atoms with Gasteiger partial charge in [-0.1, -0.05) is 6.08 Å². The van der Waals surface area contributed by atoms with E-state index in [1.54, 1.807) is 0 Å². The number of benzene rings is 1. The normalized spacial score (nSPS) is 20.9. The molecule has 4 nitrogen and oxygen atoms in total. The first-order valence-electron chi connectivity index (χ1n) is 9.06. The predicted molar refractivity (Wildman–Crippen MR) is 95.6 cm³/mol. The molecule has 1 N–H and O–H groups in total. The molecular weight excluding hydrogens is 319 g/mol. The lowest BCUT2D eigenvalue weighted by molar-refractivity contribution is -0.131. The number of fused-ring (bicyclic) bond motifs is 1. The zero-order valence-electron chi connectivity index (χ0n) is 14.3. The molecular formula is C20H23FN2O2. The van der Waals surface area contributed by atoms with Gasteiger partial charge in [-0.15, -0.1) is 0 Å². The molecule has 1 atom stereocenters. The topological polar surface area (TPSA) is 45.3 Å². The Labute approximate surface area is 146 Å². The summed E-state index contributed by atoms with van der Waals surface area (Å²) in [6.07, 6.45) is 8.76. The van der Waals surface area contributed by atoms with E-state index in [1.807, 2.05) is 17.2 Å². The predicted octanol–water partition coefficient (Wildman–Crippen LogP) is 3.88. The van der Waals surface area contributed by atoms with Crippen molar-refractivity contribution in [2.45, 2.75) is 38.2 Å². The minimum absolute atomic E-state index is 0.215. The van der Waals surface area contributed by atoms with Crippen molar-refractivity contribution < 1.29 is 13.9 Å². The maximum absolute atomic E-state index is 13.3. The lowest BCUT2D eigenvalue weighted by Gasteiger charge is -2.27. The Kier molecular flexibility index (Phi) is 4.57.